The molecule has 2 atom stereocenters. The van der Waals surface area contributed by atoms with Crippen molar-refractivity contribution in [1.29, 1.82) is 0 Å². The number of benzene rings is 1. The van der Waals surface area contributed by atoms with E-state index in [1.165, 1.54) is 0 Å². The Bertz CT molecular complexity index is 1170. The molecule has 2 saturated heterocycles. The van der Waals surface area contributed by atoms with Crippen LogP contribution in [0.2, 0.25) is 0 Å². The molecule has 180 valence electrons. The number of nitrogens with one attached hydrogen (secondary N) is 1. The van der Waals surface area contributed by atoms with Crippen LogP contribution in [0.4, 0.5) is 0 Å². The zero-order valence-electron chi connectivity index (χ0n) is 19.9. The molecule has 9 nitrogen and oxygen atoms in total. The highest BCUT2D eigenvalue weighted by Crippen LogP contribution is 2.47. The number of amides is 3. The Morgan fingerprint density at radius 3 is 2.68 bits per heavy atom. The van der Waals surface area contributed by atoms with Crippen LogP contribution in [-0.2, 0) is 35.3 Å². The van der Waals surface area contributed by atoms with Crippen LogP contribution in [0.25, 0.3) is 0 Å². The van der Waals surface area contributed by atoms with Crippen LogP contribution in [0.15, 0.2) is 30.5 Å². The summed E-state index contributed by atoms with van der Waals surface area (Å²) in [5.74, 6) is -0.918. The molecular formula is C25H31N5O4. The number of carbonyl (C=O) groups is 3. The van der Waals surface area contributed by atoms with Crippen LogP contribution < -0.4 is 5.32 Å². The van der Waals surface area contributed by atoms with Gasteiger partial charge in [0.1, 0.15) is 6.04 Å². The second-order valence-electron chi connectivity index (χ2n) is 10.4. The van der Waals surface area contributed by atoms with Crippen molar-refractivity contribution in [2.45, 2.75) is 57.8 Å². The average Bonchev–Trinajstić information content (AvgIpc) is 3.33. The molecule has 9 heteroatoms. The number of carbonyl (C=O) groups excluding carboxylic acids is 3. The Morgan fingerprint density at radius 1 is 1.21 bits per heavy atom. The molecule has 4 heterocycles. The molecule has 0 saturated carbocycles. The van der Waals surface area contributed by atoms with Gasteiger partial charge in [-0.05, 0) is 36.1 Å². The molecular weight excluding hydrogens is 434 g/mol. The Balaban J connectivity index is 1.36. The summed E-state index contributed by atoms with van der Waals surface area (Å²) in [6.45, 7) is 6.69. The minimum atomic E-state index is -1.05. The van der Waals surface area contributed by atoms with Gasteiger partial charge in [-0.25, -0.2) is 0 Å². The van der Waals surface area contributed by atoms with E-state index in [1.54, 1.807) is 17.2 Å². The van der Waals surface area contributed by atoms with Gasteiger partial charge in [0.25, 0.3) is 5.91 Å². The lowest BCUT2D eigenvalue weighted by molar-refractivity contribution is -0.136. The van der Waals surface area contributed by atoms with E-state index in [4.69, 9.17) is 0 Å². The van der Waals surface area contributed by atoms with Crippen molar-refractivity contribution in [2.24, 2.45) is 12.5 Å². The number of hydrogen-bond donors (Lipinski definition) is 2. The molecule has 2 fully saturated rings. The van der Waals surface area contributed by atoms with Gasteiger partial charge >= 0.3 is 0 Å². The SMILES string of the molecule is Cn1nccc1CN1CCC(O)(c2ccc3c(c2)CN(C2CCC(=O)NC2=O)C3=O)C(C)(C)C1. The van der Waals surface area contributed by atoms with E-state index in [2.05, 4.69) is 29.2 Å². The van der Waals surface area contributed by atoms with E-state index >= 15 is 0 Å². The van der Waals surface area contributed by atoms with E-state index in [9.17, 15) is 19.5 Å². The number of aryl methyl sites for hydroxylation is 1. The third-order valence-corrected chi connectivity index (χ3v) is 7.84. The number of fused-ring (bicyclic) bond motifs is 1. The maximum absolute atomic E-state index is 13.0. The van der Waals surface area contributed by atoms with Gasteiger partial charge in [-0.3, -0.25) is 29.3 Å². The topological polar surface area (TPSA) is 108 Å². The monoisotopic (exact) mass is 465 g/mol. The van der Waals surface area contributed by atoms with E-state index in [0.29, 0.717) is 31.5 Å². The largest absolute Gasteiger partial charge is 0.385 e. The molecule has 0 aliphatic carbocycles. The van der Waals surface area contributed by atoms with E-state index in [-0.39, 0.29) is 18.2 Å². The van der Waals surface area contributed by atoms with Crippen LogP contribution in [0.5, 0.6) is 0 Å². The van der Waals surface area contributed by atoms with Gasteiger partial charge in [0, 0.05) is 56.8 Å². The molecule has 3 amide bonds. The quantitative estimate of drug-likeness (QED) is 0.659. The minimum absolute atomic E-state index is 0.201. The Labute approximate surface area is 198 Å². The minimum Gasteiger partial charge on any atom is -0.385 e. The maximum Gasteiger partial charge on any atom is 0.255 e. The molecule has 2 N–H and O–H groups in total. The molecule has 0 spiro atoms. The van der Waals surface area contributed by atoms with Gasteiger partial charge in [0.2, 0.25) is 11.8 Å². The Hall–Kier alpha value is -3.04. The van der Waals surface area contributed by atoms with Gasteiger partial charge in [-0.2, -0.15) is 5.10 Å². The first-order chi connectivity index (χ1) is 16.1. The molecule has 1 aromatic heterocycles. The fraction of sp³-hybridized carbons (Fsp3) is 0.520. The van der Waals surface area contributed by atoms with Crippen molar-refractivity contribution in [3.05, 3.63) is 52.8 Å². The fourth-order valence-electron chi connectivity index (χ4n) is 5.71. The van der Waals surface area contributed by atoms with Crippen LogP contribution >= 0.6 is 0 Å². The number of piperidine rings is 2. The number of aromatic nitrogens is 2. The molecule has 0 radical (unpaired) electrons. The van der Waals surface area contributed by atoms with Gasteiger partial charge < -0.3 is 10.0 Å². The zero-order valence-corrected chi connectivity index (χ0v) is 19.9. The lowest BCUT2D eigenvalue weighted by Gasteiger charge is -2.50. The van der Waals surface area contributed by atoms with Crippen molar-refractivity contribution in [3.63, 3.8) is 0 Å². The second kappa shape index (κ2) is 8.02. The maximum atomic E-state index is 13.0. The summed E-state index contributed by atoms with van der Waals surface area (Å²) in [5, 5.41) is 18.5. The standard InChI is InChI=1S/C25H31N5O4/c1-24(2)15-29(14-18-8-10-26-28(18)3)11-9-25(24,34)17-4-5-19-16(12-17)13-30(23(19)33)20-6-7-21(31)27-22(20)32/h4-5,8,10,12,20,34H,6-7,9,11,13-15H2,1-3H3,(H,27,31,32). The molecule has 0 bridgehead atoms. The summed E-state index contributed by atoms with van der Waals surface area (Å²) >= 11 is 0. The lowest BCUT2D eigenvalue weighted by atomic mass is 9.66. The summed E-state index contributed by atoms with van der Waals surface area (Å²) < 4.78 is 1.87. The first-order valence-electron chi connectivity index (χ1n) is 11.8. The molecule has 3 aliphatic rings. The molecule has 3 aliphatic heterocycles. The zero-order chi connectivity index (χ0) is 24.3. The van der Waals surface area contributed by atoms with Gasteiger partial charge in [0.05, 0.1) is 11.3 Å². The normalized spacial score (nSPS) is 27.1. The first-order valence-corrected chi connectivity index (χ1v) is 11.8. The second-order valence-corrected chi connectivity index (χ2v) is 10.4. The summed E-state index contributed by atoms with van der Waals surface area (Å²) in [7, 11) is 1.94. The van der Waals surface area contributed by atoms with E-state index in [0.717, 1.165) is 29.9 Å². The Morgan fingerprint density at radius 2 is 2.00 bits per heavy atom. The van der Waals surface area contributed by atoms with Crippen LogP contribution in [-0.4, -0.2) is 61.5 Å². The molecule has 2 unspecified atom stereocenters. The van der Waals surface area contributed by atoms with Crippen molar-refractivity contribution >= 4 is 17.7 Å². The van der Waals surface area contributed by atoms with Crippen molar-refractivity contribution in [1.82, 2.24) is 24.9 Å². The van der Waals surface area contributed by atoms with Gasteiger partial charge in [-0.15, -0.1) is 0 Å². The first kappa shape index (κ1) is 22.7. The molecule has 5 rings (SSSR count). The lowest BCUT2D eigenvalue weighted by Crippen LogP contribution is -2.55. The smallest absolute Gasteiger partial charge is 0.255 e. The summed E-state index contributed by atoms with van der Waals surface area (Å²) in [4.78, 5) is 40.7. The number of rotatable bonds is 4. The highest BCUT2D eigenvalue weighted by atomic mass is 16.3. The number of aliphatic hydroxyl groups is 1. The molecule has 34 heavy (non-hydrogen) atoms. The number of likely N-dealkylation sites (tertiary alicyclic amines) is 1. The van der Waals surface area contributed by atoms with Crippen molar-refractivity contribution in [2.75, 3.05) is 13.1 Å². The highest BCUT2D eigenvalue weighted by Gasteiger charge is 2.49. The number of hydrogen-bond acceptors (Lipinski definition) is 6. The third kappa shape index (κ3) is 3.63. The Kier molecular flexibility index (Phi) is 5.37. The van der Waals surface area contributed by atoms with E-state index in [1.807, 2.05) is 29.9 Å². The van der Waals surface area contributed by atoms with E-state index < -0.39 is 23.0 Å². The molecule has 2 aromatic rings. The van der Waals surface area contributed by atoms with Crippen molar-refractivity contribution < 1.29 is 19.5 Å². The number of nitrogens with zero attached hydrogens (tertiary/aromatic N) is 4. The van der Waals surface area contributed by atoms with Gasteiger partial charge in [-0.1, -0.05) is 26.0 Å². The predicted octanol–water partition coefficient (Wildman–Crippen LogP) is 1.30. The fourth-order valence-corrected chi connectivity index (χ4v) is 5.71. The van der Waals surface area contributed by atoms with Crippen molar-refractivity contribution in [3.8, 4) is 0 Å². The van der Waals surface area contributed by atoms with Crippen LogP contribution in [0.3, 0.4) is 0 Å². The van der Waals surface area contributed by atoms with Crippen LogP contribution in [0, 0.1) is 5.41 Å². The number of imide groups is 1. The average molecular weight is 466 g/mol. The summed E-state index contributed by atoms with van der Waals surface area (Å²) in [6, 6.07) is 6.92. The third-order valence-electron chi connectivity index (χ3n) is 7.84. The highest BCUT2D eigenvalue weighted by molar-refractivity contribution is 6.05. The molecule has 1 aromatic carbocycles. The summed E-state index contributed by atoms with van der Waals surface area (Å²) in [5.41, 5.74) is 1.83. The van der Waals surface area contributed by atoms with Gasteiger partial charge in [0.15, 0.2) is 0 Å². The van der Waals surface area contributed by atoms with Crippen LogP contribution in [0.1, 0.15) is 60.3 Å². The predicted molar refractivity (Wildman–Crippen MR) is 123 cm³/mol. The summed E-state index contributed by atoms with van der Waals surface area (Å²) in [6.07, 6.45) is 2.93.